The molecule has 3 heteroatoms. The van der Waals surface area contributed by atoms with Crippen LogP contribution < -0.4 is 0 Å². The molecule has 0 heterocycles. The fourth-order valence-electron chi connectivity index (χ4n) is 1.68. The second kappa shape index (κ2) is 4.51. The molecule has 0 aliphatic heterocycles. The third-order valence-corrected chi connectivity index (χ3v) is 2.58. The first kappa shape index (κ1) is 11.1. The Kier molecular flexibility index (Phi) is 3.58. The summed E-state index contributed by atoms with van der Waals surface area (Å²) in [6.45, 7) is 3.93. The summed E-state index contributed by atoms with van der Waals surface area (Å²) in [6, 6.07) is 3.18. The fourth-order valence-corrected chi connectivity index (χ4v) is 1.89. The maximum Gasteiger partial charge on any atom is 0.216 e. The van der Waals surface area contributed by atoms with Crippen molar-refractivity contribution in [3.63, 3.8) is 0 Å². The number of rotatable bonds is 3. The third kappa shape index (κ3) is 1.93. The van der Waals surface area contributed by atoms with Crippen LogP contribution in [0.4, 0.5) is 0 Å². The fraction of sp³-hybridized carbons (Fsp3) is 0.364. The molecule has 76 valence electrons. The Morgan fingerprint density at radius 3 is 2.29 bits per heavy atom. The molecule has 0 unspecified atom stereocenters. The van der Waals surface area contributed by atoms with E-state index in [9.17, 15) is 9.90 Å². The number of hydrogen-bond acceptors (Lipinski definition) is 2. The van der Waals surface area contributed by atoms with Crippen molar-refractivity contribution < 1.29 is 9.90 Å². The lowest BCUT2D eigenvalue weighted by molar-refractivity contribution is 0.109. The number of hydrogen-bond donors (Lipinski definition) is 2. The standard InChI is InChI=1S/C11H14O2S/c1-3-7-8(4-2)10(12)6-5-9(7)11(13)14/h5-6,12H,3-4H2,1-2H3,(H,13,14). The highest BCUT2D eigenvalue weighted by Gasteiger charge is 2.13. The van der Waals surface area contributed by atoms with Gasteiger partial charge in [-0.1, -0.05) is 13.8 Å². The number of phenols is 1. The predicted octanol–water partition coefficient (Wildman–Crippen LogP) is 2.59. The Morgan fingerprint density at radius 1 is 1.29 bits per heavy atom. The molecule has 1 aromatic rings. The Balaban J connectivity index is 3.40. The van der Waals surface area contributed by atoms with Crippen LogP contribution >= 0.6 is 12.6 Å². The first-order valence-corrected chi connectivity index (χ1v) is 5.13. The van der Waals surface area contributed by atoms with E-state index in [4.69, 9.17) is 0 Å². The van der Waals surface area contributed by atoms with E-state index in [1.807, 2.05) is 13.8 Å². The summed E-state index contributed by atoms with van der Waals surface area (Å²) < 4.78 is 0. The van der Waals surface area contributed by atoms with Crippen molar-refractivity contribution in [3.05, 3.63) is 28.8 Å². The van der Waals surface area contributed by atoms with Crippen molar-refractivity contribution in [2.45, 2.75) is 26.7 Å². The smallest absolute Gasteiger partial charge is 0.216 e. The molecule has 14 heavy (non-hydrogen) atoms. The molecule has 0 fully saturated rings. The highest BCUT2D eigenvalue weighted by atomic mass is 32.1. The highest BCUT2D eigenvalue weighted by molar-refractivity contribution is 7.97. The maximum absolute atomic E-state index is 11.2. The molecule has 0 radical (unpaired) electrons. The Morgan fingerprint density at radius 2 is 1.86 bits per heavy atom. The summed E-state index contributed by atoms with van der Waals surface area (Å²) in [5, 5.41) is 9.35. The lowest BCUT2D eigenvalue weighted by atomic mass is 9.97. The Bertz CT molecular complexity index is 359. The molecule has 0 atom stereocenters. The molecule has 2 nitrogen and oxygen atoms in total. The molecule has 0 aliphatic rings. The molecular weight excluding hydrogens is 196 g/mol. The highest BCUT2D eigenvalue weighted by Crippen LogP contribution is 2.26. The maximum atomic E-state index is 11.2. The quantitative estimate of drug-likeness (QED) is 0.752. The SMILES string of the molecule is CCc1c(O)ccc(C(=O)S)c1CC. The molecule has 0 amide bonds. The normalized spacial score (nSPS) is 10.2. The monoisotopic (exact) mass is 210 g/mol. The van der Waals surface area contributed by atoms with Crippen molar-refractivity contribution in [1.82, 2.24) is 0 Å². The zero-order valence-corrected chi connectivity index (χ0v) is 9.27. The topological polar surface area (TPSA) is 37.3 Å². The van der Waals surface area contributed by atoms with Crippen LogP contribution in [0, 0.1) is 0 Å². The van der Waals surface area contributed by atoms with E-state index in [0.29, 0.717) is 5.56 Å². The lowest BCUT2D eigenvalue weighted by Crippen LogP contribution is -2.01. The van der Waals surface area contributed by atoms with Gasteiger partial charge in [-0.15, -0.1) is 12.6 Å². The Labute approximate surface area is 89.4 Å². The van der Waals surface area contributed by atoms with Gasteiger partial charge in [-0.25, -0.2) is 0 Å². The van der Waals surface area contributed by atoms with Gasteiger partial charge in [0.05, 0.1) is 0 Å². The van der Waals surface area contributed by atoms with Crippen molar-refractivity contribution in [2.75, 3.05) is 0 Å². The minimum Gasteiger partial charge on any atom is -0.508 e. The summed E-state index contributed by atoms with van der Waals surface area (Å²) >= 11 is 3.81. The third-order valence-electron chi connectivity index (χ3n) is 2.34. The summed E-state index contributed by atoms with van der Waals surface area (Å²) in [7, 11) is 0. The number of thiol groups is 1. The van der Waals surface area contributed by atoms with Gasteiger partial charge >= 0.3 is 0 Å². The average Bonchev–Trinajstić information content (AvgIpc) is 2.16. The molecule has 0 saturated heterocycles. The van der Waals surface area contributed by atoms with Gasteiger partial charge in [-0.2, -0.15) is 0 Å². The molecule has 0 aromatic heterocycles. The van der Waals surface area contributed by atoms with Crippen LogP contribution in [-0.2, 0) is 12.8 Å². The van der Waals surface area contributed by atoms with Crippen molar-refractivity contribution >= 4 is 17.7 Å². The summed E-state index contributed by atoms with van der Waals surface area (Å²) in [5.41, 5.74) is 2.37. The van der Waals surface area contributed by atoms with E-state index < -0.39 is 0 Å². The lowest BCUT2D eigenvalue weighted by Gasteiger charge is -2.11. The van der Waals surface area contributed by atoms with Crippen molar-refractivity contribution in [1.29, 1.82) is 0 Å². The molecular formula is C11H14O2S. The first-order valence-electron chi connectivity index (χ1n) is 4.68. The van der Waals surface area contributed by atoms with E-state index >= 15 is 0 Å². The van der Waals surface area contributed by atoms with Gasteiger partial charge in [0.15, 0.2) is 0 Å². The van der Waals surface area contributed by atoms with E-state index in [2.05, 4.69) is 12.6 Å². The molecule has 0 saturated carbocycles. The van der Waals surface area contributed by atoms with E-state index in [0.717, 1.165) is 24.0 Å². The molecule has 1 aromatic carbocycles. The number of aromatic hydroxyl groups is 1. The van der Waals surface area contributed by atoms with Crippen LogP contribution in [0.5, 0.6) is 5.75 Å². The Hall–Kier alpha value is -0.960. The number of benzene rings is 1. The van der Waals surface area contributed by atoms with E-state index in [-0.39, 0.29) is 10.9 Å². The van der Waals surface area contributed by atoms with Gasteiger partial charge < -0.3 is 5.11 Å². The molecule has 0 aliphatic carbocycles. The molecule has 0 spiro atoms. The minimum atomic E-state index is -0.239. The molecule has 1 rings (SSSR count). The second-order valence-corrected chi connectivity index (χ2v) is 3.51. The summed E-state index contributed by atoms with van der Waals surface area (Å²) in [6.07, 6.45) is 1.46. The second-order valence-electron chi connectivity index (χ2n) is 3.10. The van der Waals surface area contributed by atoms with E-state index in [1.54, 1.807) is 12.1 Å². The van der Waals surface area contributed by atoms with Gasteiger partial charge in [0, 0.05) is 5.56 Å². The van der Waals surface area contributed by atoms with Gasteiger partial charge in [0.1, 0.15) is 5.75 Å². The largest absolute Gasteiger partial charge is 0.508 e. The predicted molar refractivity (Wildman–Crippen MR) is 60.2 cm³/mol. The number of carbonyl (C=O) groups is 1. The van der Waals surface area contributed by atoms with Crippen molar-refractivity contribution in [2.24, 2.45) is 0 Å². The van der Waals surface area contributed by atoms with Crippen LogP contribution in [0.1, 0.15) is 35.3 Å². The molecule has 1 N–H and O–H groups in total. The van der Waals surface area contributed by atoms with Crippen LogP contribution in [0.2, 0.25) is 0 Å². The van der Waals surface area contributed by atoms with E-state index in [1.165, 1.54) is 0 Å². The number of carbonyl (C=O) groups excluding carboxylic acids is 1. The van der Waals surface area contributed by atoms with Gasteiger partial charge in [-0.05, 0) is 36.1 Å². The van der Waals surface area contributed by atoms with Crippen LogP contribution in [-0.4, -0.2) is 10.2 Å². The summed E-state index contributed by atoms with van der Waals surface area (Å²) in [4.78, 5) is 11.2. The van der Waals surface area contributed by atoms with Crippen LogP contribution in [0.15, 0.2) is 12.1 Å². The first-order chi connectivity index (χ1) is 6.61. The van der Waals surface area contributed by atoms with Gasteiger partial charge in [0.25, 0.3) is 0 Å². The number of phenolic OH excluding ortho intramolecular Hbond substituents is 1. The van der Waals surface area contributed by atoms with Gasteiger partial charge in [-0.3, -0.25) is 4.79 Å². The molecule has 0 bridgehead atoms. The van der Waals surface area contributed by atoms with Gasteiger partial charge in [0.2, 0.25) is 5.12 Å². The summed E-state index contributed by atoms with van der Waals surface area (Å²) in [5.74, 6) is 0.266. The minimum absolute atomic E-state index is 0.239. The zero-order valence-electron chi connectivity index (χ0n) is 8.37. The average molecular weight is 210 g/mol. The van der Waals surface area contributed by atoms with Crippen molar-refractivity contribution in [3.8, 4) is 5.75 Å². The van der Waals surface area contributed by atoms with Crippen LogP contribution in [0.25, 0.3) is 0 Å². The zero-order chi connectivity index (χ0) is 10.7. The van der Waals surface area contributed by atoms with Crippen LogP contribution in [0.3, 0.4) is 0 Å².